The van der Waals surface area contributed by atoms with Crippen molar-refractivity contribution in [3.63, 3.8) is 0 Å². The molecule has 1 amide bonds. The summed E-state index contributed by atoms with van der Waals surface area (Å²) in [4.78, 5) is 39.8. The van der Waals surface area contributed by atoms with E-state index in [-0.39, 0.29) is 30.0 Å². The van der Waals surface area contributed by atoms with Gasteiger partial charge in [0.05, 0.1) is 18.6 Å². The van der Waals surface area contributed by atoms with Gasteiger partial charge in [0.25, 0.3) is 0 Å². The summed E-state index contributed by atoms with van der Waals surface area (Å²) in [6.45, 7) is 5.21. The van der Waals surface area contributed by atoms with Crippen molar-refractivity contribution in [2.24, 2.45) is 11.7 Å². The Balaban J connectivity index is 1.83. The summed E-state index contributed by atoms with van der Waals surface area (Å²) in [5.41, 5.74) is 8.62. The topological polar surface area (TPSA) is 126 Å². The van der Waals surface area contributed by atoms with Gasteiger partial charge in [0.15, 0.2) is 11.7 Å². The molecule has 0 aliphatic carbocycles. The number of nitrogens with one attached hydrogen (secondary N) is 2. The fraction of sp³-hybridized carbons (Fsp3) is 0.385. The Morgan fingerprint density at radius 2 is 1.82 bits per heavy atom. The molecule has 0 aromatic heterocycles. The summed E-state index contributed by atoms with van der Waals surface area (Å²) in [5, 5.41) is 10.6. The average molecular weight is 465 g/mol. The van der Waals surface area contributed by atoms with Crippen molar-refractivity contribution in [2.75, 3.05) is 25.5 Å². The molecular formula is C26H32N4O4. The number of piperidine rings is 1. The minimum absolute atomic E-state index is 0.0196. The smallest absolute Gasteiger partial charge is 0.337 e. The van der Waals surface area contributed by atoms with E-state index in [9.17, 15) is 14.4 Å². The van der Waals surface area contributed by atoms with Crippen LogP contribution in [0.3, 0.4) is 0 Å². The van der Waals surface area contributed by atoms with Gasteiger partial charge in [-0.15, -0.1) is 0 Å². The van der Waals surface area contributed by atoms with Crippen molar-refractivity contribution in [2.45, 2.75) is 39.0 Å². The minimum Gasteiger partial charge on any atom is -0.465 e. The molecule has 0 bridgehead atoms. The minimum atomic E-state index is -0.516. The van der Waals surface area contributed by atoms with Gasteiger partial charge in [-0.05, 0) is 48.1 Å². The Kier molecular flexibility index (Phi) is 8.04. The van der Waals surface area contributed by atoms with E-state index in [0.717, 1.165) is 12.0 Å². The van der Waals surface area contributed by atoms with Crippen molar-refractivity contribution in [3.05, 3.63) is 64.7 Å². The second kappa shape index (κ2) is 11.0. The summed E-state index contributed by atoms with van der Waals surface area (Å²) in [7, 11) is 1.29. The zero-order chi connectivity index (χ0) is 24.8. The summed E-state index contributed by atoms with van der Waals surface area (Å²) in [6.07, 6.45) is 1.47. The van der Waals surface area contributed by atoms with E-state index in [1.807, 2.05) is 12.1 Å². The van der Waals surface area contributed by atoms with Crippen LogP contribution in [0, 0.1) is 11.3 Å². The molecule has 0 radical (unpaired) electrons. The van der Waals surface area contributed by atoms with E-state index in [4.69, 9.17) is 15.9 Å². The second-order valence-electron chi connectivity index (χ2n) is 8.90. The van der Waals surface area contributed by atoms with Crippen LogP contribution in [0.1, 0.15) is 64.4 Å². The lowest BCUT2D eigenvalue weighted by molar-refractivity contribution is -0.121. The first kappa shape index (κ1) is 25.0. The molecule has 4 N–H and O–H groups in total. The lowest BCUT2D eigenvalue weighted by Crippen LogP contribution is -2.46. The molecule has 1 heterocycles. The number of rotatable bonds is 7. The molecule has 3 rings (SSSR count). The zero-order valence-corrected chi connectivity index (χ0v) is 19.9. The molecule has 1 atom stereocenters. The molecule has 1 saturated heterocycles. The molecule has 2 aromatic rings. The predicted octanol–water partition coefficient (Wildman–Crippen LogP) is 3.57. The first-order valence-electron chi connectivity index (χ1n) is 11.4. The first-order chi connectivity index (χ1) is 16.2. The number of nitrogens with two attached hydrogens (primary N) is 1. The number of methoxy groups -OCH3 is 1. The number of nitrogens with zero attached hydrogens (tertiary/aromatic N) is 1. The molecule has 34 heavy (non-hydrogen) atoms. The van der Waals surface area contributed by atoms with E-state index in [1.165, 1.54) is 7.11 Å². The Bertz CT molecular complexity index is 1080. The number of guanidine groups is 1. The maximum Gasteiger partial charge on any atom is 0.337 e. The quantitative estimate of drug-likeness (QED) is 0.249. The molecule has 0 saturated carbocycles. The number of Topliss-reactive ketones (excluding diaryl/α,β-unsaturated/α-hetero) is 1. The normalized spacial score (nSPS) is 15.6. The number of ether oxygens (including phenoxy) is 1. The molecule has 8 nitrogen and oxygen atoms in total. The zero-order valence-electron chi connectivity index (χ0n) is 19.9. The number of likely N-dealkylation sites (tertiary alicyclic amines) is 1. The highest BCUT2D eigenvalue weighted by atomic mass is 16.5. The molecule has 1 aliphatic heterocycles. The van der Waals surface area contributed by atoms with Gasteiger partial charge in [0, 0.05) is 30.8 Å². The fourth-order valence-corrected chi connectivity index (χ4v) is 4.08. The standard InChI is InChI=1S/C26H32N4O4/c1-16(2)17-6-8-18(9-7-17)23(31)14-21-13-19(25(33)34-3)10-11-22(21)29-24(32)20-5-4-12-30(15-20)26(27)28/h6-11,13,16,20H,4-5,12,14-15H2,1-3H3,(H3,27,28)(H,29,32). The van der Waals surface area contributed by atoms with Crippen LogP contribution < -0.4 is 11.1 Å². The third-order valence-corrected chi connectivity index (χ3v) is 6.17. The number of carbonyl (C=O) groups is 3. The fourth-order valence-electron chi connectivity index (χ4n) is 4.08. The molecule has 180 valence electrons. The summed E-state index contributed by atoms with van der Waals surface area (Å²) < 4.78 is 4.82. The monoisotopic (exact) mass is 464 g/mol. The van der Waals surface area contributed by atoms with Gasteiger partial charge in [-0.1, -0.05) is 38.1 Å². The van der Waals surface area contributed by atoms with E-state index in [0.29, 0.717) is 47.8 Å². The van der Waals surface area contributed by atoms with Crippen molar-refractivity contribution in [1.29, 1.82) is 5.41 Å². The predicted molar refractivity (Wildman–Crippen MR) is 131 cm³/mol. The SMILES string of the molecule is COC(=O)c1ccc(NC(=O)C2CCCN(C(=N)N)C2)c(CC(=O)c2ccc(C(C)C)cc2)c1. The lowest BCUT2D eigenvalue weighted by atomic mass is 9.95. The number of benzene rings is 2. The number of carbonyl (C=O) groups excluding carboxylic acids is 3. The Morgan fingerprint density at radius 1 is 1.15 bits per heavy atom. The van der Waals surface area contributed by atoms with Gasteiger partial charge in [-0.2, -0.15) is 0 Å². The van der Waals surface area contributed by atoms with E-state index >= 15 is 0 Å². The first-order valence-corrected chi connectivity index (χ1v) is 11.4. The molecule has 1 fully saturated rings. The van der Waals surface area contributed by atoms with E-state index in [1.54, 1.807) is 35.2 Å². The molecule has 0 spiro atoms. The highest BCUT2D eigenvalue weighted by Crippen LogP contribution is 2.24. The Hall–Kier alpha value is -3.68. The second-order valence-corrected chi connectivity index (χ2v) is 8.90. The van der Waals surface area contributed by atoms with Crippen LogP contribution in [-0.4, -0.2) is 48.7 Å². The van der Waals surface area contributed by atoms with Gasteiger partial charge in [0.2, 0.25) is 5.91 Å². The van der Waals surface area contributed by atoms with Crippen LogP contribution in [0.5, 0.6) is 0 Å². The highest BCUT2D eigenvalue weighted by Gasteiger charge is 2.27. The van der Waals surface area contributed by atoms with Gasteiger partial charge in [0.1, 0.15) is 0 Å². The Labute approximate surface area is 200 Å². The number of amides is 1. The molecule has 1 unspecified atom stereocenters. The van der Waals surface area contributed by atoms with Crippen LogP contribution in [0.2, 0.25) is 0 Å². The maximum absolute atomic E-state index is 13.0. The third kappa shape index (κ3) is 6.01. The summed E-state index contributed by atoms with van der Waals surface area (Å²) >= 11 is 0. The molecule has 8 heteroatoms. The number of esters is 1. The van der Waals surface area contributed by atoms with Crippen LogP contribution in [0.25, 0.3) is 0 Å². The average Bonchev–Trinajstić information content (AvgIpc) is 2.84. The Morgan fingerprint density at radius 3 is 2.44 bits per heavy atom. The van der Waals surface area contributed by atoms with Gasteiger partial charge in [-0.3, -0.25) is 15.0 Å². The van der Waals surface area contributed by atoms with E-state index < -0.39 is 5.97 Å². The molecular weight excluding hydrogens is 432 g/mol. The van der Waals surface area contributed by atoms with Crippen LogP contribution in [0.15, 0.2) is 42.5 Å². The van der Waals surface area contributed by atoms with Gasteiger partial charge in [-0.25, -0.2) is 4.79 Å². The largest absolute Gasteiger partial charge is 0.465 e. The molecule has 2 aromatic carbocycles. The highest BCUT2D eigenvalue weighted by molar-refractivity contribution is 6.01. The maximum atomic E-state index is 13.0. The number of anilines is 1. The van der Waals surface area contributed by atoms with Crippen LogP contribution >= 0.6 is 0 Å². The van der Waals surface area contributed by atoms with Crippen molar-refractivity contribution in [1.82, 2.24) is 4.90 Å². The van der Waals surface area contributed by atoms with Crippen LogP contribution in [-0.2, 0) is 16.0 Å². The van der Waals surface area contributed by atoms with Crippen LogP contribution in [0.4, 0.5) is 5.69 Å². The van der Waals surface area contributed by atoms with Crippen molar-refractivity contribution in [3.8, 4) is 0 Å². The number of ketones is 1. The molecule has 1 aliphatic rings. The summed E-state index contributed by atoms with van der Waals surface area (Å²) in [6, 6.07) is 12.3. The van der Waals surface area contributed by atoms with E-state index in [2.05, 4.69) is 19.2 Å². The third-order valence-electron chi connectivity index (χ3n) is 6.17. The van der Waals surface area contributed by atoms with Gasteiger partial charge >= 0.3 is 5.97 Å². The lowest BCUT2D eigenvalue weighted by Gasteiger charge is -2.32. The summed E-state index contributed by atoms with van der Waals surface area (Å²) in [5.74, 6) is -0.849. The number of hydrogen-bond donors (Lipinski definition) is 3. The number of hydrogen-bond acceptors (Lipinski definition) is 5. The van der Waals surface area contributed by atoms with Crippen molar-refractivity contribution >= 4 is 29.3 Å². The van der Waals surface area contributed by atoms with Crippen molar-refractivity contribution < 1.29 is 19.1 Å². The van der Waals surface area contributed by atoms with Gasteiger partial charge < -0.3 is 20.7 Å².